The topological polar surface area (TPSA) is 29.5 Å². The molecule has 0 spiro atoms. The van der Waals surface area contributed by atoms with Crippen molar-refractivity contribution in [2.75, 3.05) is 6.61 Å². The molecule has 0 aliphatic carbocycles. The molecule has 0 unspecified atom stereocenters. The van der Waals surface area contributed by atoms with Crippen molar-refractivity contribution < 1.29 is 9.84 Å². The third-order valence-electron chi connectivity index (χ3n) is 6.85. The van der Waals surface area contributed by atoms with Gasteiger partial charge in [0, 0.05) is 32.0 Å². The number of ether oxygens (including phenoxy) is 1. The standard InChI is InChI=1S/C35H56O2S2/c1-16-17-18-37-30-27(33(8,9)10)21-24(22-28(30)34(11,12)13)39-35(14,15)38-23-19-25(31(2,3)4)29(36)26(20-23)32(5,6)7/h19-22,36H,16-18H2,1-15H3. The minimum Gasteiger partial charge on any atom is -0.507 e. The number of phenolic OH excluding ortho intramolecular Hbond substituents is 1. The second kappa shape index (κ2) is 11.9. The molecule has 0 aliphatic rings. The molecule has 1 N–H and O–H groups in total. The Morgan fingerprint density at radius 3 is 1.23 bits per heavy atom. The Morgan fingerprint density at radius 1 is 0.590 bits per heavy atom. The van der Waals surface area contributed by atoms with Gasteiger partial charge < -0.3 is 9.84 Å². The fourth-order valence-corrected chi connectivity index (χ4v) is 7.23. The van der Waals surface area contributed by atoms with Gasteiger partial charge in [-0.05, 0) is 66.2 Å². The second-order valence-electron chi connectivity index (χ2n) is 15.5. The molecule has 4 heteroatoms. The van der Waals surface area contributed by atoms with Crippen molar-refractivity contribution in [1.29, 1.82) is 0 Å². The average molecular weight is 573 g/mol. The summed E-state index contributed by atoms with van der Waals surface area (Å²) in [5, 5.41) is 11.2. The van der Waals surface area contributed by atoms with Gasteiger partial charge in [0.25, 0.3) is 0 Å². The third-order valence-corrected chi connectivity index (χ3v) is 9.28. The largest absolute Gasteiger partial charge is 0.507 e. The lowest BCUT2D eigenvalue weighted by atomic mass is 9.79. The van der Waals surface area contributed by atoms with Crippen LogP contribution in [0.25, 0.3) is 0 Å². The van der Waals surface area contributed by atoms with Crippen molar-refractivity contribution in [3.8, 4) is 11.5 Å². The molecule has 39 heavy (non-hydrogen) atoms. The summed E-state index contributed by atoms with van der Waals surface area (Å²) in [5.74, 6) is 1.51. The Hall–Kier alpha value is -1.26. The van der Waals surface area contributed by atoms with E-state index < -0.39 is 0 Å². The lowest BCUT2D eigenvalue weighted by Crippen LogP contribution is -2.21. The van der Waals surface area contributed by atoms with Gasteiger partial charge in [0.2, 0.25) is 0 Å². The fraction of sp³-hybridized carbons (Fsp3) is 0.657. The summed E-state index contributed by atoms with van der Waals surface area (Å²) in [6, 6.07) is 9.12. The number of aromatic hydroxyl groups is 1. The zero-order valence-corrected chi connectivity index (χ0v) is 29.2. The summed E-state index contributed by atoms with van der Waals surface area (Å²) >= 11 is 3.79. The molecule has 0 atom stereocenters. The summed E-state index contributed by atoms with van der Waals surface area (Å²) in [6.45, 7) is 34.3. The van der Waals surface area contributed by atoms with Crippen LogP contribution in [0.2, 0.25) is 0 Å². The van der Waals surface area contributed by atoms with Gasteiger partial charge in [-0.25, -0.2) is 0 Å². The predicted octanol–water partition coefficient (Wildman–Crippen LogP) is 11.4. The first-order valence-corrected chi connectivity index (χ1v) is 16.2. The summed E-state index contributed by atoms with van der Waals surface area (Å²) in [4.78, 5) is 2.47. The molecule has 0 saturated heterocycles. The molecule has 2 aromatic rings. The van der Waals surface area contributed by atoms with Gasteiger partial charge in [0.1, 0.15) is 11.5 Å². The van der Waals surface area contributed by atoms with Gasteiger partial charge >= 0.3 is 0 Å². The van der Waals surface area contributed by atoms with E-state index in [4.69, 9.17) is 4.74 Å². The van der Waals surface area contributed by atoms with Gasteiger partial charge in [-0.1, -0.05) is 96.4 Å². The Labute approximate surface area is 249 Å². The number of unbranched alkanes of at least 4 members (excludes halogenated alkanes) is 1. The molecule has 0 radical (unpaired) electrons. The quantitative estimate of drug-likeness (QED) is 0.193. The maximum atomic E-state index is 11.2. The van der Waals surface area contributed by atoms with E-state index in [2.05, 4.69) is 128 Å². The molecular weight excluding hydrogens is 517 g/mol. The first-order chi connectivity index (χ1) is 17.5. The second-order valence-corrected chi connectivity index (χ2v) is 19.2. The van der Waals surface area contributed by atoms with E-state index in [1.807, 2.05) is 23.5 Å². The molecule has 2 nitrogen and oxygen atoms in total. The predicted molar refractivity (Wildman–Crippen MR) is 176 cm³/mol. The average Bonchev–Trinajstić information content (AvgIpc) is 2.72. The minimum absolute atomic E-state index is 0.0322. The molecule has 220 valence electrons. The van der Waals surface area contributed by atoms with Gasteiger partial charge in [-0.3, -0.25) is 0 Å². The first kappa shape index (κ1) is 33.9. The Balaban J connectivity index is 2.59. The van der Waals surface area contributed by atoms with Crippen LogP contribution in [-0.4, -0.2) is 15.8 Å². The maximum Gasteiger partial charge on any atom is 0.126 e. The fourth-order valence-electron chi connectivity index (χ4n) is 4.65. The van der Waals surface area contributed by atoms with Crippen LogP contribution in [-0.2, 0) is 21.7 Å². The van der Waals surface area contributed by atoms with Gasteiger partial charge in [0.15, 0.2) is 0 Å². The molecule has 2 rings (SSSR count). The van der Waals surface area contributed by atoms with Gasteiger partial charge in [-0.15, -0.1) is 23.5 Å². The van der Waals surface area contributed by atoms with Crippen molar-refractivity contribution >= 4 is 23.5 Å². The number of thioether (sulfide) groups is 2. The molecule has 0 bridgehead atoms. The SMILES string of the molecule is CCCCOc1c(C(C)(C)C)cc(SC(C)(C)Sc2cc(C(C)(C)C)c(O)c(C(C)(C)C)c2)cc1C(C)(C)C. The molecule has 0 fully saturated rings. The van der Waals surface area contributed by atoms with E-state index in [1.165, 1.54) is 20.9 Å². The number of hydrogen-bond acceptors (Lipinski definition) is 4. The number of hydrogen-bond donors (Lipinski definition) is 1. The van der Waals surface area contributed by atoms with E-state index in [-0.39, 0.29) is 25.7 Å². The Kier molecular flexibility index (Phi) is 10.4. The van der Waals surface area contributed by atoms with Crippen molar-refractivity contribution in [3.63, 3.8) is 0 Å². The smallest absolute Gasteiger partial charge is 0.126 e. The zero-order chi connectivity index (χ0) is 30.2. The summed E-state index contributed by atoms with van der Waals surface area (Å²) in [6.07, 6.45) is 2.19. The van der Waals surface area contributed by atoms with Gasteiger partial charge in [-0.2, -0.15) is 0 Å². The Morgan fingerprint density at radius 2 is 0.923 bits per heavy atom. The van der Waals surface area contributed by atoms with E-state index in [0.29, 0.717) is 5.75 Å². The van der Waals surface area contributed by atoms with Crippen molar-refractivity contribution in [2.24, 2.45) is 0 Å². The van der Waals surface area contributed by atoms with Crippen LogP contribution >= 0.6 is 23.5 Å². The summed E-state index contributed by atoms with van der Waals surface area (Å²) in [7, 11) is 0. The first-order valence-electron chi connectivity index (χ1n) is 14.5. The highest BCUT2D eigenvalue weighted by Gasteiger charge is 2.32. The van der Waals surface area contributed by atoms with Crippen LogP contribution in [0.15, 0.2) is 34.1 Å². The van der Waals surface area contributed by atoms with Crippen molar-refractivity contribution in [2.45, 2.75) is 152 Å². The van der Waals surface area contributed by atoms with Crippen LogP contribution in [0.3, 0.4) is 0 Å². The number of phenols is 1. The molecule has 0 heterocycles. The molecule has 0 aromatic heterocycles. The monoisotopic (exact) mass is 572 g/mol. The lowest BCUT2D eigenvalue weighted by Gasteiger charge is -2.32. The molecule has 2 aromatic carbocycles. The minimum atomic E-state index is -0.144. The molecular formula is C35H56O2S2. The lowest BCUT2D eigenvalue weighted by molar-refractivity contribution is 0.292. The normalized spacial score (nSPS) is 13.6. The van der Waals surface area contributed by atoms with E-state index in [1.54, 1.807) is 0 Å². The van der Waals surface area contributed by atoms with Gasteiger partial charge in [0.05, 0.1) is 10.7 Å². The Bertz CT molecular complexity index is 1060. The summed E-state index contributed by atoms with van der Waals surface area (Å²) in [5.41, 5.74) is 4.23. The summed E-state index contributed by atoms with van der Waals surface area (Å²) < 4.78 is 6.38. The van der Waals surface area contributed by atoms with E-state index >= 15 is 0 Å². The van der Waals surface area contributed by atoms with Crippen molar-refractivity contribution in [1.82, 2.24) is 0 Å². The zero-order valence-electron chi connectivity index (χ0n) is 27.6. The van der Waals surface area contributed by atoms with Crippen molar-refractivity contribution in [3.05, 3.63) is 46.5 Å². The van der Waals surface area contributed by atoms with E-state index in [9.17, 15) is 5.11 Å². The van der Waals surface area contributed by atoms with E-state index in [0.717, 1.165) is 36.3 Å². The number of rotatable bonds is 8. The molecule has 0 amide bonds. The third kappa shape index (κ3) is 9.12. The van der Waals surface area contributed by atoms with Crippen LogP contribution in [0.5, 0.6) is 11.5 Å². The highest BCUT2D eigenvalue weighted by molar-refractivity contribution is 8.18. The van der Waals surface area contributed by atoms with Crippen LogP contribution in [0.4, 0.5) is 0 Å². The van der Waals surface area contributed by atoms with Crippen LogP contribution < -0.4 is 4.74 Å². The maximum absolute atomic E-state index is 11.2. The van der Waals surface area contributed by atoms with Crippen LogP contribution in [0, 0.1) is 0 Å². The number of benzene rings is 2. The highest BCUT2D eigenvalue weighted by atomic mass is 32.2. The molecule has 0 aliphatic heterocycles. The highest BCUT2D eigenvalue weighted by Crippen LogP contribution is 2.51. The molecule has 0 saturated carbocycles. The van der Waals surface area contributed by atoms with Crippen LogP contribution in [0.1, 0.15) is 139 Å².